The zero-order valence-electron chi connectivity index (χ0n) is 18.6. The fourth-order valence-electron chi connectivity index (χ4n) is 4.30. The van der Waals surface area contributed by atoms with Crippen molar-refractivity contribution in [2.75, 3.05) is 24.5 Å². The molecule has 6 heteroatoms. The van der Waals surface area contributed by atoms with E-state index in [1.165, 1.54) is 5.56 Å². The van der Waals surface area contributed by atoms with E-state index in [0.29, 0.717) is 26.2 Å². The number of nitrogens with one attached hydrogen (secondary N) is 1. The second kappa shape index (κ2) is 9.00. The van der Waals surface area contributed by atoms with E-state index >= 15 is 0 Å². The molecular formula is C25H31N3O3. The Labute approximate surface area is 184 Å². The number of piperidine rings is 1. The molecule has 6 nitrogen and oxygen atoms in total. The minimum atomic E-state index is -0.182. The summed E-state index contributed by atoms with van der Waals surface area (Å²) < 4.78 is 5.92. The Morgan fingerprint density at radius 3 is 2.58 bits per heavy atom. The van der Waals surface area contributed by atoms with Crippen LogP contribution in [0.3, 0.4) is 0 Å². The summed E-state index contributed by atoms with van der Waals surface area (Å²) in [6.07, 6.45) is 1.56. The number of ether oxygens (including phenoxy) is 1. The van der Waals surface area contributed by atoms with E-state index in [9.17, 15) is 9.59 Å². The lowest BCUT2D eigenvalue weighted by Gasteiger charge is -2.39. The summed E-state index contributed by atoms with van der Waals surface area (Å²) in [5.74, 6) is 0.574. The van der Waals surface area contributed by atoms with Crippen molar-refractivity contribution in [3.63, 3.8) is 0 Å². The van der Waals surface area contributed by atoms with E-state index in [0.717, 1.165) is 35.4 Å². The summed E-state index contributed by atoms with van der Waals surface area (Å²) in [5, 5.41) is 3.05. The molecule has 2 aliphatic heterocycles. The molecule has 1 fully saturated rings. The van der Waals surface area contributed by atoms with Crippen LogP contribution in [-0.2, 0) is 11.3 Å². The molecule has 2 aromatic rings. The van der Waals surface area contributed by atoms with E-state index in [2.05, 4.69) is 5.32 Å². The highest BCUT2D eigenvalue weighted by Crippen LogP contribution is 2.35. The fourth-order valence-corrected chi connectivity index (χ4v) is 4.30. The van der Waals surface area contributed by atoms with E-state index in [-0.39, 0.29) is 24.0 Å². The van der Waals surface area contributed by atoms with Crippen LogP contribution in [0.4, 0.5) is 10.5 Å². The van der Waals surface area contributed by atoms with Crippen LogP contribution in [0.25, 0.3) is 0 Å². The first-order valence-electron chi connectivity index (χ1n) is 11.1. The highest BCUT2D eigenvalue weighted by atomic mass is 16.5. The molecule has 2 aromatic carbocycles. The van der Waals surface area contributed by atoms with Crippen LogP contribution in [0.2, 0.25) is 0 Å². The van der Waals surface area contributed by atoms with Gasteiger partial charge in [-0.2, -0.15) is 0 Å². The van der Waals surface area contributed by atoms with Gasteiger partial charge in [0.05, 0.1) is 18.2 Å². The number of rotatable bonds is 3. The van der Waals surface area contributed by atoms with Crippen molar-refractivity contribution in [2.45, 2.75) is 46.3 Å². The van der Waals surface area contributed by atoms with Gasteiger partial charge in [-0.15, -0.1) is 0 Å². The van der Waals surface area contributed by atoms with E-state index in [1.54, 1.807) is 0 Å². The molecule has 4 rings (SSSR count). The lowest BCUT2D eigenvalue weighted by Crippen LogP contribution is -2.53. The highest BCUT2D eigenvalue weighted by molar-refractivity contribution is 5.95. The first kappa shape index (κ1) is 21.2. The average Bonchev–Trinajstić information content (AvgIpc) is 2.78. The molecule has 0 aromatic heterocycles. The van der Waals surface area contributed by atoms with Gasteiger partial charge >= 0.3 is 6.03 Å². The number of amides is 3. The number of hydrogen-bond donors (Lipinski definition) is 1. The molecule has 2 atom stereocenters. The Balaban J connectivity index is 1.41. The molecule has 2 unspecified atom stereocenters. The molecule has 0 spiro atoms. The normalized spacial score (nSPS) is 20.6. The molecule has 0 saturated carbocycles. The van der Waals surface area contributed by atoms with Crippen LogP contribution in [0.5, 0.6) is 5.75 Å². The van der Waals surface area contributed by atoms with Gasteiger partial charge in [0.1, 0.15) is 11.9 Å². The van der Waals surface area contributed by atoms with Gasteiger partial charge in [-0.25, -0.2) is 4.79 Å². The molecule has 31 heavy (non-hydrogen) atoms. The van der Waals surface area contributed by atoms with Gasteiger partial charge in [-0.3, -0.25) is 9.69 Å². The summed E-state index contributed by atoms with van der Waals surface area (Å²) in [5.41, 5.74) is 4.18. The lowest BCUT2D eigenvalue weighted by atomic mass is 9.97. The number of likely N-dealkylation sites (tertiary alicyclic amines) is 1. The molecule has 0 bridgehead atoms. The zero-order chi connectivity index (χ0) is 22.0. The highest BCUT2D eigenvalue weighted by Gasteiger charge is 2.34. The third-order valence-corrected chi connectivity index (χ3v) is 6.05. The van der Waals surface area contributed by atoms with Gasteiger partial charge in [0.15, 0.2) is 0 Å². The average molecular weight is 422 g/mol. The van der Waals surface area contributed by atoms with Gasteiger partial charge in [0.2, 0.25) is 5.91 Å². The molecular weight excluding hydrogens is 390 g/mol. The van der Waals surface area contributed by atoms with Crippen LogP contribution in [0.15, 0.2) is 42.5 Å². The van der Waals surface area contributed by atoms with Gasteiger partial charge < -0.3 is 15.0 Å². The van der Waals surface area contributed by atoms with Crippen molar-refractivity contribution in [1.82, 2.24) is 10.2 Å². The topological polar surface area (TPSA) is 61.9 Å². The maximum absolute atomic E-state index is 13.4. The number of nitrogens with zero attached hydrogens (tertiary/aromatic N) is 2. The van der Waals surface area contributed by atoms with Crippen molar-refractivity contribution in [1.29, 1.82) is 0 Å². The number of urea groups is 1. The number of anilines is 1. The van der Waals surface area contributed by atoms with Crippen molar-refractivity contribution >= 4 is 17.6 Å². The number of hydrogen-bond acceptors (Lipinski definition) is 3. The van der Waals surface area contributed by atoms with E-state index in [1.807, 2.05) is 73.0 Å². The quantitative estimate of drug-likeness (QED) is 0.814. The van der Waals surface area contributed by atoms with Crippen LogP contribution in [0.1, 0.15) is 36.5 Å². The second-order valence-electron chi connectivity index (χ2n) is 8.78. The number of benzene rings is 2. The van der Waals surface area contributed by atoms with Gasteiger partial charge in [-0.1, -0.05) is 35.9 Å². The maximum atomic E-state index is 13.4. The lowest BCUT2D eigenvalue weighted by molar-refractivity contribution is -0.126. The molecule has 3 amide bonds. The first-order chi connectivity index (χ1) is 14.9. The zero-order valence-corrected chi connectivity index (χ0v) is 18.6. The number of aryl methyl sites for hydroxylation is 2. The molecule has 0 radical (unpaired) electrons. The minimum Gasteiger partial charge on any atom is -0.487 e. The molecule has 1 saturated heterocycles. The number of fused-ring (bicyclic) bond motifs is 1. The van der Waals surface area contributed by atoms with Gasteiger partial charge in [0, 0.05) is 19.6 Å². The van der Waals surface area contributed by atoms with E-state index < -0.39 is 0 Å². The Morgan fingerprint density at radius 2 is 1.81 bits per heavy atom. The van der Waals surface area contributed by atoms with Crippen LogP contribution in [0, 0.1) is 19.8 Å². The monoisotopic (exact) mass is 421 g/mol. The predicted octanol–water partition coefficient (Wildman–Crippen LogP) is 4.04. The number of carbonyl (C=O) groups is 2. The predicted molar refractivity (Wildman–Crippen MR) is 121 cm³/mol. The van der Waals surface area contributed by atoms with Crippen LogP contribution in [-0.4, -0.2) is 42.6 Å². The molecule has 1 N–H and O–H groups in total. The summed E-state index contributed by atoms with van der Waals surface area (Å²) in [7, 11) is 0. The largest absolute Gasteiger partial charge is 0.487 e. The third-order valence-electron chi connectivity index (χ3n) is 6.05. The van der Waals surface area contributed by atoms with E-state index in [4.69, 9.17) is 4.74 Å². The van der Waals surface area contributed by atoms with Crippen molar-refractivity contribution < 1.29 is 14.3 Å². The fraction of sp³-hybridized carbons (Fsp3) is 0.440. The molecule has 164 valence electrons. The van der Waals surface area contributed by atoms with Gasteiger partial charge in [0.25, 0.3) is 0 Å². The van der Waals surface area contributed by atoms with Crippen LogP contribution < -0.4 is 15.0 Å². The number of carbonyl (C=O) groups excluding carboxylic acids is 2. The summed E-state index contributed by atoms with van der Waals surface area (Å²) in [6, 6.07) is 14.0. The second-order valence-corrected chi connectivity index (χ2v) is 8.78. The molecule has 0 aliphatic carbocycles. The summed E-state index contributed by atoms with van der Waals surface area (Å²) >= 11 is 0. The molecule has 2 aliphatic rings. The van der Waals surface area contributed by atoms with Gasteiger partial charge in [-0.05, 0) is 56.9 Å². The Bertz CT molecular complexity index is 957. The Hall–Kier alpha value is -3.02. The standard InChI is InChI=1S/C25H31N3O3/c1-17-6-9-20(10-7-17)14-26-24(29)21-5-4-12-27(16-21)25(30)28-15-19(3)31-23-11-8-18(2)13-22(23)28/h6-11,13,19,21H,4-5,12,14-16H2,1-3H3,(H,26,29). The summed E-state index contributed by atoms with van der Waals surface area (Å²) in [6.45, 7) is 8.17. The Morgan fingerprint density at radius 1 is 1.06 bits per heavy atom. The van der Waals surface area contributed by atoms with Crippen LogP contribution >= 0.6 is 0 Å². The van der Waals surface area contributed by atoms with Crippen molar-refractivity contribution in [2.24, 2.45) is 5.92 Å². The Kier molecular flexibility index (Phi) is 6.16. The smallest absolute Gasteiger partial charge is 0.324 e. The third kappa shape index (κ3) is 4.84. The summed E-state index contributed by atoms with van der Waals surface area (Å²) in [4.78, 5) is 29.8. The molecule has 2 heterocycles. The maximum Gasteiger partial charge on any atom is 0.324 e. The van der Waals surface area contributed by atoms with Crippen molar-refractivity contribution in [3.8, 4) is 5.75 Å². The SMILES string of the molecule is Cc1ccc(CNC(=O)C2CCCN(C(=O)N3CC(C)Oc4ccc(C)cc43)C2)cc1. The minimum absolute atomic E-state index is 0.0182. The first-order valence-corrected chi connectivity index (χ1v) is 11.1. The van der Waals surface area contributed by atoms with Crippen molar-refractivity contribution in [3.05, 3.63) is 59.2 Å².